The van der Waals surface area contributed by atoms with E-state index in [0.29, 0.717) is 17.4 Å². The molecule has 0 amide bonds. The van der Waals surface area contributed by atoms with Crippen LogP contribution in [0, 0.1) is 0 Å². The number of para-hydroxylation sites is 2. The van der Waals surface area contributed by atoms with Crippen LogP contribution in [0.3, 0.4) is 0 Å². The average Bonchev–Trinajstić information content (AvgIpc) is 2.90. The first kappa shape index (κ1) is 22.5. The molecule has 2 aliphatic rings. The molecule has 0 saturated carbocycles. The molecule has 0 aliphatic carbocycles. The number of hydrogen-bond donors (Lipinski definition) is 0. The number of nitrogens with zero attached hydrogens (tertiary/aromatic N) is 6. The maximum Gasteiger partial charge on any atom is 0.241 e. The summed E-state index contributed by atoms with van der Waals surface area (Å²) in [6.45, 7) is 4.85. The second kappa shape index (κ2) is 10.8. The van der Waals surface area contributed by atoms with Crippen LogP contribution in [0.25, 0.3) is 0 Å². The molecule has 2 saturated heterocycles. The van der Waals surface area contributed by atoms with E-state index in [9.17, 15) is 0 Å². The predicted molar refractivity (Wildman–Crippen MR) is 130 cm³/mol. The van der Waals surface area contributed by atoms with Crippen molar-refractivity contribution < 1.29 is 9.47 Å². The number of benzene rings is 1. The van der Waals surface area contributed by atoms with Gasteiger partial charge in [-0.25, -0.2) is 15.0 Å². The number of piperidine rings is 2. The number of anilines is 1. The van der Waals surface area contributed by atoms with Gasteiger partial charge in [0.25, 0.3) is 0 Å². The molecule has 8 heteroatoms. The summed E-state index contributed by atoms with van der Waals surface area (Å²) in [5, 5.41) is 0. The van der Waals surface area contributed by atoms with Gasteiger partial charge in [-0.05, 0) is 56.8 Å². The highest BCUT2D eigenvalue weighted by atomic mass is 16.5. The highest BCUT2D eigenvalue weighted by Crippen LogP contribution is 2.36. The average molecular weight is 461 g/mol. The Morgan fingerprint density at radius 2 is 1.71 bits per heavy atom. The number of ether oxygens (including phenoxy) is 2. The van der Waals surface area contributed by atoms with Gasteiger partial charge in [0.15, 0.2) is 11.5 Å². The minimum Gasteiger partial charge on any atom is -0.493 e. The van der Waals surface area contributed by atoms with E-state index in [1.807, 2.05) is 36.5 Å². The quantitative estimate of drug-likeness (QED) is 0.512. The lowest BCUT2D eigenvalue weighted by Crippen LogP contribution is -2.35. The van der Waals surface area contributed by atoms with Gasteiger partial charge in [0.2, 0.25) is 11.8 Å². The normalized spacial score (nSPS) is 19.1. The molecule has 0 N–H and O–H groups in total. The number of aromatic nitrogens is 4. The highest BCUT2D eigenvalue weighted by Gasteiger charge is 2.27. The molecule has 0 radical (unpaired) electrons. The predicted octanol–water partition coefficient (Wildman–Crippen LogP) is 4.44. The third-order valence-corrected chi connectivity index (χ3v) is 6.58. The largest absolute Gasteiger partial charge is 0.493 e. The van der Waals surface area contributed by atoms with Crippen molar-refractivity contribution in [1.82, 2.24) is 24.8 Å². The van der Waals surface area contributed by atoms with Crippen molar-refractivity contribution in [1.29, 1.82) is 0 Å². The van der Waals surface area contributed by atoms with E-state index in [-0.39, 0.29) is 5.92 Å². The molecule has 34 heavy (non-hydrogen) atoms. The van der Waals surface area contributed by atoms with Gasteiger partial charge >= 0.3 is 0 Å². The monoisotopic (exact) mass is 460 g/mol. The van der Waals surface area contributed by atoms with Crippen LogP contribution in [-0.4, -0.2) is 58.1 Å². The molecular formula is C26H32N6O2. The molecule has 0 unspecified atom stereocenters. The van der Waals surface area contributed by atoms with E-state index < -0.39 is 0 Å². The SMILES string of the molecule is COc1ccccc1Oc1nccnc1[C@@H]1CCCN(Cc2ccnc(N3CCCCC3)n2)C1. The zero-order valence-electron chi connectivity index (χ0n) is 19.8. The van der Waals surface area contributed by atoms with Crippen LogP contribution in [0.5, 0.6) is 17.4 Å². The van der Waals surface area contributed by atoms with Crippen molar-refractivity contribution >= 4 is 5.95 Å². The summed E-state index contributed by atoms with van der Waals surface area (Å²) in [6.07, 6.45) is 11.2. The molecule has 1 aromatic carbocycles. The molecule has 5 rings (SSSR count). The Bertz CT molecular complexity index is 1090. The summed E-state index contributed by atoms with van der Waals surface area (Å²) in [7, 11) is 1.64. The lowest BCUT2D eigenvalue weighted by Gasteiger charge is -2.32. The Labute approximate surface area is 201 Å². The third-order valence-electron chi connectivity index (χ3n) is 6.58. The van der Waals surface area contributed by atoms with Crippen molar-refractivity contribution in [3.05, 3.63) is 60.3 Å². The van der Waals surface area contributed by atoms with Gasteiger partial charge in [0.05, 0.1) is 12.8 Å². The topological polar surface area (TPSA) is 76.5 Å². The summed E-state index contributed by atoms with van der Waals surface area (Å²) >= 11 is 0. The number of likely N-dealkylation sites (tertiary alicyclic amines) is 1. The molecule has 2 aliphatic heterocycles. The molecule has 0 spiro atoms. The van der Waals surface area contributed by atoms with Crippen LogP contribution in [0.2, 0.25) is 0 Å². The minimum atomic E-state index is 0.246. The smallest absolute Gasteiger partial charge is 0.241 e. The van der Waals surface area contributed by atoms with Crippen LogP contribution < -0.4 is 14.4 Å². The zero-order valence-corrected chi connectivity index (χ0v) is 19.8. The Balaban J connectivity index is 1.29. The summed E-state index contributed by atoms with van der Waals surface area (Å²) < 4.78 is 11.6. The van der Waals surface area contributed by atoms with Crippen LogP contribution in [0.15, 0.2) is 48.9 Å². The Morgan fingerprint density at radius 1 is 0.882 bits per heavy atom. The lowest BCUT2D eigenvalue weighted by atomic mass is 9.94. The fraction of sp³-hybridized carbons (Fsp3) is 0.462. The molecule has 3 aromatic rings. The van der Waals surface area contributed by atoms with Gasteiger partial charge in [-0.1, -0.05) is 12.1 Å². The van der Waals surface area contributed by atoms with Crippen molar-refractivity contribution in [2.24, 2.45) is 0 Å². The van der Waals surface area contributed by atoms with Gasteiger partial charge in [-0.15, -0.1) is 0 Å². The maximum absolute atomic E-state index is 6.18. The Morgan fingerprint density at radius 3 is 2.56 bits per heavy atom. The fourth-order valence-corrected chi connectivity index (χ4v) is 4.87. The summed E-state index contributed by atoms with van der Waals surface area (Å²) in [4.78, 5) is 23.4. The van der Waals surface area contributed by atoms with Crippen molar-refractivity contribution in [3.63, 3.8) is 0 Å². The molecule has 178 valence electrons. The molecular weight excluding hydrogens is 428 g/mol. The van der Waals surface area contributed by atoms with E-state index >= 15 is 0 Å². The molecule has 8 nitrogen and oxygen atoms in total. The van der Waals surface area contributed by atoms with Crippen LogP contribution >= 0.6 is 0 Å². The second-order valence-electron chi connectivity index (χ2n) is 8.97. The van der Waals surface area contributed by atoms with Crippen molar-refractivity contribution in [2.45, 2.75) is 44.6 Å². The van der Waals surface area contributed by atoms with Crippen LogP contribution in [0.4, 0.5) is 5.95 Å². The van der Waals surface area contributed by atoms with Gasteiger partial charge < -0.3 is 14.4 Å². The van der Waals surface area contributed by atoms with Gasteiger partial charge in [0, 0.05) is 50.7 Å². The number of hydrogen-bond acceptors (Lipinski definition) is 8. The molecule has 2 fully saturated rings. The summed E-state index contributed by atoms with van der Waals surface area (Å²) in [6, 6.07) is 9.66. The Kier molecular flexibility index (Phi) is 7.14. The minimum absolute atomic E-state index is 0.246. The summed E-state index contributed by atoms with van der Waals surface area (Å²) in [5.41, 5.74) is 1.97. The van der Waals surface area contributed by atoms with E-state index in [1.54, 1.807) is 19.5 Å². The van der Waals surface area contributed by atoms with Gasteiger partial charge in [-0.2, -0.15) is 0 Å². The molecule has 0 bridgehead atoms. The van der Waals surface area contributed by atoms with E-state index in [1.165, 1.54) is 19.3 Å². The molecule has 1 atom stereocenters. The fourth-order valence-electron chi connectivity index (χ4n) is 4.87. The lowest BCUT2D eigenvalue weighted by molar-refractivity contribution is 0.194. The molecule has 2 aromatic heterocycles. The Hall–Kier alpha value is -3.26. The number of methoxy groups -OCH3 is 1. The first-order valence-electron chi connectivity index (χ1n) is 12.2. The third kappa shape index (κ3) is 5.28. The van der Waals surface area contributed by atoms with Crippen LogP contribution in [-0.2, 0) is 6.54 Å². The second-order valence-corrected chi connectivity index (χ2v) is 8.97. The van der Waals surface area contributed by atoms with Crippen LogP contribution in [0.1, 0.15) is 49.4 Å². The first-order valence-corrected chi connectivity index (χ1v) is 12.2. The van der Waals surface area contributed by atoms with Crippen molar-refractivity contribution in [3.8, 4) is 17.4 Å². The maximum atomic E-state index is 6.18. The zero-order chi connectivity index (χ0) is 23.2. The summed E-state index contributed by atoms with van der Waals surface area (Å²) in [5.74, 6) is 2.99. The van der Waals surface area contributed by atoms with Gasteiger partial charge in [0.1, 0.15) is 5.69 Å². The van der Waals surface area contributed by atoms with E-state index in [2.05, 4.69) is 24.8 Å². The standard InChI is InChI=1S/C26H32N6O2/c1-33-22-9-3-4-10-23(22)34-25-24(27-13-14-28-25)20-8-7-15-31(18-20)19-21-11-12-29-26(30-21)32-16-5-2-6-17-32/h3-4,9-14,20H,2,5-8,15-19H2,1H3/t20-/m1/s1. The van der Waals surface area contributed by atoms with E-state index in [0.717, 1.165) is 62.9 Å². The van der Waals surface area contributed by atoms with Gasteiger partial charge in [-0.3, -0.25) is 9.88 Å². The first-order chi connectivity index (χ1) is 16.8. The van der Waals surface area contributed by atoms with E-state index in [4.69, 9.17) is 14.5 Å². The van der Waals surface area contributed by atoms with Crippen molar-refractivity contribution in [2.75, 3.05) is 38.2 Å². The molecule has 4 heterocycles. The highest BCUT2D eigenvalue weighted by molar-refractivity contribution is 5.42. The number of rotatable bonds is 7.